The number of carbonyl (C=O) groups is 1. The smallest absolute Gasteiger partial charge is 0.293 e. The van der Waals surface area contributed by atoms with E-state index in [1.165, 1.54) is 5.56 Å². The fraction of sp³-hybridized carbons (Fsp3) is 0.500. The highest BCUT2D eigenvalue weighted by Crippen LogP contribution is 2.23. The van der Waals surface area contributed by atoms with Crippen molar-refractivity contribution in [2.45, 2.75) is 39.7 Å². The Hall–Kier alpha value is -2.21. The minimum atomic E-state index is -0.0899. The van der Waals surface area contributed by atoms with Gasteiger partial charge in [-0.15, -0.1) is 5.10 Å². The lowest BCUT2D eigenvalue weighted by molar-refractivity contribution is 0.0643. The lowest BCUT2D eigenvalue weighted by Crippen LogP contribution is -2.52. The number of piperazine rings is 1. The van der Waals surface area contributed by atoms with Gasteiger partial charge in [0, 0.05) is 25.7 Å². The molecule has 128 valence electrons. The number of benzene rings is 1. The molecule has 0 saturated carbocycles. The summed E-state index contributed by atoms with van der Waals surface area (Å²) in [6.07, 6.45) is 0. The molecule has 2 heterocycles. The van der Waals surface area contributed by atoms with E-state index < -0.39 is 0 Å². The van der Waals surface area contributed by atoms with Crippen molar-refractivity contribution < 1.29 is 4.79 Å². The summed E-state index contributed by atoms with van der Waals surface area (Å²) in [7, 11) is 0. The molecule has 1 saturated heterocycles. The summed E-state index contributed by atoms with van der Waals surface area (Å²) in [5, 5.41) is 7.82. The van der Waals surface area contributed by atoms with Gasteiger partial charge in [0.15, 0.2) is 0 Å². The Balaban J connectivity index is 1.95. The van der Waals surface area contributed by atoms with E-state index in [-0.39, 0.29) is 17.8 Å². The SMILES string of the molecule is Cc1nc(C(=O)N2CCNCC2C)nn1-c1ccccc1C(C)C. The van der Waals surface area contributed by atoms with Gasteiger partial charge in [-0.1, -0.05) is 32.0 Å². The van der Waals surface area contributed by atoms with Gasteiger partial charge in [-0.25, -0.2) is 9.67 Å². The van der Waals surface area contributed by atoms with Crippen molar-refractivity contribution in [3.8, 4) is 5.69 Å². The van der Waals surface area contributed by atoms with Crippen LogP contribution in [0.5, 0.6) is 0 Å². The number of nitrogens with one attached hydrogen (secondary N) is 1. The number of carbonyl (C=O) groups excluding carboxylic acids is 1. The minimum Gasteiger partial charge on any atom is -0.331 e. The van der Waals surface area contributed by atoms with Gasteiger partial charge in [0.2, 0.25) is 5.82 Å². The molecule has 1 unspecified atom stereocenters. The van der Waals surface area contributed by atoms with Crippen LogP contribution in [0.1, 0.15) is 48.7 Å². The number of aryl methyl sites for hydroxylation is 1. The molecule has 0 bridgehead atoms. The van der Waals surface area contributed by atoms with Gasteiger partial charge in [-0.05, 0) is 31.4 Å². The highest BCUT2D eigenvalue weighted by Gasteiger charge is 2.27. The molecule has 6 heteroatoms. The van der Waals surface area contributed by atoms with Crippen molar-refractivity contribution in [1.82, 2.24) is 25.0 Å². The van der Waals surface area contributed by atoms with E-state index in [4.69, 9.17) is 0 Å². The Kier molecular flexibility index (Phi) is 4.66. The molecule has 0 radical (unpaired) electrons. The first-order valence-corrected chi connectivity index (χ1v) is 8.53. The van der Waals surface area contributed by atoms with Crippen LogP contribution in [0.2, 0.25) is 0 Å². The maximum Gasteiger partial charge on any atom is 0.293 e. The van der Waals surface area contributed by atoms with Crippen molar-refractivity contribution in [3.63, 3.8) is 0 Å². The van der Waals surface area contributed by atoms with Gasteiger partial charge in [-0.2, -0.15) is 0 Å². The Morgan fingerprint density at radius 3 is 2.79 bits per heavy atom. The first kappa shape index (κ1) is 16.6. The summed E-state index contributed by atoms with van der Waals surface area (Å²) in [5.74, 6) is 1.29. The maximum absolute atomic E-state index is 12.8. The Morgan fingerprint density at radius 1 is 1.33 bits per heavy atom. The largest absolute Gasteiger partial charge is 0.331 e. The molecule has 1 amide bonds. The van der Waals surface area contributed by atoms with Crippen LogP contribution in [0.4, 0.5) is 0 Å². The van der Waals surface area contributed by atoms with Gasteiger partial charge in [0.25, 0.3) is 5.91 Å². The topological polar surface area (TPSA) is 63.1 Å². The first-order valence-electron chi connectivity index (χ1n) is 8.53. The third-order valence-corrected chi connectivity index (χ3v) is 4.51. The Labute approximate surface area is 142 Å². The summed E-state index contributed by atoms with van der Waals surface area (Å²) < 4.78 is 1.79. The molecule has 0 aliphatic carbocycles. The Morgan fingerprint density at radius 2 is 2.08 bits per heavy atom. The summed E-state index contributed by atoms with van der Waals surface area (Å²) in [6.45, 7) is 10.5. The molecule has 1 aliphatic heterocycles. The van der Waals surface area contributed by atoms with Crippen LogP contribution in [-0.2, 0) is 0 Å². The predicted octanol–water partition coefficient (Wildman–Crippen LogP) is 2.13. The van der Waals surface area contributed by atoms with Crippen molar-refractivity contribution in [3.05, 3.63) is 41.5 Å². The number of para-hydroxylation sites is 1. The Bertz CT molecular complexity index is 737. The first-order chi connectivity index (χ1) is 11.5. The number of hydrogen-bond donors (Lipinski definition) is 1. The van der Waals surface area contributed by atoms with E-state index >= 15 is 0 Å². The fourth-order valence-corrected chi connectivity index (χ4v) is 3.15. The normalized spacial score (nSPS) is 18.2. The van der Waals surface area contributed by atoms with Gasteiger partial charge < -0.3 is 10.2 Å². The van der Waals surface area contributed by atoms with Crippen LogP contribution < -0.4 is 5.32 Å². The molecule has 2 aromatic rings. The quantitative estimate of drug-likeness (QED) is 0.938. The van der Waals surface area contributed by atoms with E-state index in [0.717, 1.165) is 24.6 Å². The molecule has 1 aliphatic rings. The van der Waals surface area contributed by atoms with Crippen LogP contribution >= 0.6 is 0 Å². The van der Waals surface area contributed by atoms with E-state index in [1.807, 2.05) is 36.9 Å². The lowest BCUT2D eigenvalue weighted by atomic mass is 10.0. The number of hydrogen-bond acceptors (Lipinski definition) is 4. The third kappa shape index (κ3) is 3.06. The van der Waals surface area contributed by atoms with Crippen molar-refractivity contribution in [2.75, 3.05) is 19.6 Å². The van der Waals surface area contributed by atoms with Crippen molar-refractivity contribution >= 4 is 5.91 Å². The zero-order valence-electron chi connectivity index (χ0n) is 14.8. The molecule has 1 fully saturated rings. The maximum atomic E-state index is 12.8. The molecule has 24 heavy (non-hydrogen) atoms. The molecule has 1 N–H and O–H groups in total. The van der Waals surface area contributed by atoms with Gasteiger partial charge in [-0.3, -0.25) is 4.79 Å². The monoisotopic (exact) mass is 327 g/mol. The van der Waals surface area contributed by atoms with Gasteiger partial charge in [0.05, 0.1) is 5.69 Å². The standard InChI is InChI=1S/C18H25N5O/c1-12(2)15-7-5-6-8-16(15)23-14(4)20-17(21-23)18(24)22-10-9-19-11-13(22)3/h5-8,12-13,19H,9-11H2,1-4H3. The summed E-state index contributed by atoms with van der Waals surface area (Å²) >= 11 is 0. The molecule has 1 aromatic heterocycles. The molecular weight excluding hydrogens is 302 g/mol. The summed E-state index contributed by atoms with van der Waals surface area (Å²) in [6, 6.07) is 8.29. The number of rotatable bonds is 3. The van der Waals surface area contributed by atoms with E-state index in [0.29, 0.717) is 12.5 Å². The molecule has 0 spiro atoms. The van der Waals surface area contributed by atoms with Crippen LogP contribution in [0.15, 0.2) is 24.3 Å². The number of nitrogens with zero attached hydrogens (tertiary/aromatic N) is 4. The number of amides is 1. The highest BCUT2D eigenvalue weighted by molar-refractivity contribution is 5.90. The van der Waals surface area contributed by atoms with Crippen LogP contribution in [0.25, 0.3) is 5.69 Å². The van der Waals surface area contributed by atoms with E-state index in [2.05, 4.69) is 35.3 Å². The summed E-state index contributed by atoms with van der Waals surface area (Å²) in [4.78, 5) is 19.1. The average molecular weight is 327 g/mol. The van der Waals surface area contributed by atoms with Gasteiger partial charge in [0.1, 0.15) is 5.82 Å². The lowest BCUT2D eigenvalue weighted by Gasteiger charge is -2.33. The molecule has 6 nitrogen and oxygen atoms in total. The van der Waals surface area contributed by atoms with Crippen LogP contribution in [0.3, 0.4) is 0 Å². The van der Waals surface area contributed by atoms with Crippen molar-refractivity contribution in [2.24, 2.45) is 0 Å². The third-order valence-electron chi connectivity index (χ3n) is 4.51. The molecule has 1 aromatic carbocycles. The second-order valence-corrected chi connectivity index (χ2v) is 6.66. The van der Waals surface area contributed by atoms with Crippen molar-refractivity contribution in [1.29, 1.82) is 0 Å². The average Bonchev–Trinajstić information content (AvgIpc) is 2.96. The van der Waals surface area contributed by atoms with E-state index in [1.54, 1.807) is 4.68 Å². The number of aromatic nitrogens is 3. The minimum absolute atomic E-state index is 0.0899. The van der Waals surface area contributed by atoms with Crippen LogP contribution in [0, 0.1) is 6.92 Å². The second kappa shape index (κ2) is 6.73. The van der Waals surface area contributed by atoms with Gasteiger partial charge >= 0.3 is 0 Å². The van der Waals surface area contributed by atoms with Crippen LogP contribution in [-0.4, -0.2) is 51.2 Å². The summed E-state index contributed by atoms with van der Waals surface area (Å²) in [5.41, 5.74) is 2.19. The zero-order valence-corrected chi connectivity index (χ0v) is 14.8. The zero-order chi connectivity index (χ0) is 17.3. The predicted molar refractivity (Wildman–Crippen MR) is 93.6 cm³/mol. The molecular formula is C18H25N5O. The fourth-order valence-electron chi connectivity index (χ4n) is 3.15. The highest BCUT2D eigenvalue weighted by atomic mass is 16.2. The second-order valence-electron chi connectivity index (χ2n) is 6.66. The van der Waals surface area contributed by atoms with E-state index in [9.17, 15) is 4.79 Å². The molecule has 1 atom stereocenters. The molecule has 3 rings (SSSR count).